The highest BCUT2D eigenvalue weighted by Crippen LogP contribution is 1.88. The van der Waals surface area contributed by atoms with Crippen molar-refractivity contribution in [2.75, 3.05) is 19.6 Å². The molecule has 8 heteroatoms. The van der Waals surface area contributed by atoms with Gasteiger partial charge in [-0.1, -0.05) is 0 Å². The van der Waals surface area contributed by atoms with Crippen molar-refractivity contribution in [1.29, 1.82) is 5.53 Å². The third-order valence-corrected chi connectivity index (χ3v) is 1.68. The number of carbonyl (C=O) groups excluding carboxylic acids is 2. The molecule has 0 aromatic heterocycles. The molecule has 0 rings (SSSR count). The molecule has 0 radical (unpaired) electrons. The van der Waals surface area contributed by atoms with Gasteiger partial charge < -0.3 is 20.5 Å². The number of carbonyl (C=O) groups is 2. The molecule has 0 aliphatic rings. The molecule has 0 saturated heterocycles. The number of carboxylic acid groups (broad SMARTS) is 1. The van der Waals surface area contributed by atoms with E-state index < -0.39 is 6.09 Å². The van der Waals surface area contributed by atoms with Crippen LogP contribution in [0.1, 0.15) is 19.3 Å². The molecule has 2 amide bonds. The second-order valence-electron chi connectivity index (χ2n) is 2.99. The van der Waals surface area contributed by atoms with E-state index in [-0.39, 0.29) is 12.5 Å². The highest BCUT2D eigenvalue weighted by Gasteiger charge is 2.00. The minimum absolute atomic E-state index is 0.117. The molecule has 0 bridgehead atoms. The van der Waals surface area contributed by atoms with E-state index in [4.69, 9.17) is 5.53 Å². The lowest BCUT2D eigenvalue weighted by Gasteiger charge is -2.06. The Morgan fingerprint density at radius 1 is 1.25 bits per heavy atom. The van der Waals surface area contributed by atoms with E-state index in [9.17, 15) is 14.7 Å². The topological polar surface area (TPSA) is 132 Å². The van der Waals surface area contributed by atoms with E-state index in [1.165, 1.54) is 0 Å². The number of hydrogen-bond acceptors (Lipinski definition) is 5. The fourth-order valence-electron chi connectivity index (χ4n) is 0.955. The summed E-state index contributed by atoms with van der Waals surface area (Å²) < 4.78 is 0. The molecule has 0 unspecified atom stereocenters. The Hall–Kier alpha value is -1.95. The van der Waals surface area contributed by atoms with Crippen molar-refractivity contribution >= 4 is 12.0 Å². The van der Waals surface area contributed by atoms with Gasteiger partial charge in [-0.05, 0) is 12.8 Å². The Morgan fingerprint density at radius 3 is 2.56 bits per heavy atom. The molecule has 0 heterocycles. The molecule has 16 heavy (non-hydrogen) atoms. The third-order valence-electron chi connectivity index (χ3n) is 1.68. The van der Waals surface area contributed by atoms with Gasteiger partial charge in [0.15, 0.2) is 0 Å². The molecular formula is C8H15N5O3. The van der Waals surface area contributed by atoms with Crippen LogP contribution in [0.25, 0.3) is 0 Å². The van der Waals surface area contributed by atoms with Crippen molar-refractivity contribution in [2.45, 2.75) is 19.3 Å². The van der Waals surface area contributed by atoms with E-state index in [1.54, 1.807) is 0 Å². The van der Waals surface area contributed by atoms with E-state index in [0.717, 1.165) is 0 Å². The van der Waals surface area contributed by atoms with Crippen LogP contribution in [0.5, 0.6) is 0 Å². The van der Waals surface area contributed by atoms with Crippen molar-refractivity contribution in [3.05, 3.63) is 0 Å². The lowest BCUT2D eigenvalue weighted by atomic mass is 10.3. The first-order valence-electron chi connectivity index (χ1n) is 4.91. The van der Waals surface area contributed by atoms with Gasteiger partial charge in [-0.3, -0.25) is 4.79 Å². The monoisotopic (exact) mass is 229 g/mol. The van der Waals surface area contributed by atoms with Gasteiger partial charge in [0.25, 0.3) is 0 Å². The van der Waals surface area contributed by atoms with Crippen LogP contribution in [0.2, 0.25) is 0 Å². The second kappa shape index (κ2) is 9.60. The average Bonchev–Trinajstić information content (AvgIpc) is 2.23. The lowest BCUT2D eigenvalue weighted by Crippen LogP contribution is -2.38. The molecule has 0 fully saturated rings. The Balaban J connectivity index is 3.30. The molecule has 0 aliphatic carbocycles. The van der Waals surface area contributed by atoms with Gasteiger partial charge in [0.1, 0.15) is 23.3 Å². The summed E-state index contributed by atoms with van der Waals surface area (Å²) in [5.74, 6) is -0.117. The molecule has 0 aromatic rings. The van der Waals surface area contributed by atoms with Gasteiger partial charge in [0, 0.05) is 19.5 Å². The molecule has 0 saturated carbocycles. The third kappa shape index (κ3) is 10.1. The van der Waals surface area contributed by atoms with Crippen LogP contribution < -0.4 is 20.7 Å². The maximum atomic E-state index is 11.1. The summed E-state index contributed by atoms with van der Waals surface area (Å²) in [6, 6.07) is 0. The Labute approximate surface area is 92.6 Å². The van der Waals surface area contributed by atoms with Crippen molar-refractivity contribution in [3.63, 3.8) is 0 Å². The number of nitrogens with zero attached hydrogens (tertiary/aromatic N) is 2. The quantitative estimate of drug-likeness (QED) is 0.273. The molecule has 90 valence electrons. The summed E-state index contributed by atoms with van der Waals surface area (Å²) in [6.07, 6.45) is 0.0806. The average molecular weight is 229 g/mol. The Morgan fingerprint density at radius 2 is 1.94 bits per heavy atom. The summed E-state index contributed by atoms with van der Waals surface area (Å²) in [6.45, 7) is 1.04. The van der Waals surface area contributed by atoms with Crippen molar-refractivity contribution in [1.82, 2.24) is 15.5 Å². The highest BCUT2D eigenvalue weighted by molar-refractivity contribution is 5.75. The molecule has 0 aromatic carbocycles. The van der Waals surface area contributed by atoms with Crippen molar-refractivity contribution < 1.29 is 14.7 Å². The first-order valence-corrected chi connectivity index (χ1v) is 4.91. The van der Waals surface area contributed by atoms with Crippen LogP contribution in [0, 0.1) is 5.53 Å². The molecule has 8 nitrogen and oxygen atoms in total. The molecular weight excluding hydrogens is 214 g/mol. The summed E-state index contributed by atoms with van der Waals surface area (Å²) >= 11 is 0. The fourth-order valence-corrected chi connectivity index (χ4v) is 0.955. The van der Waals surface area contributed by atoms with Gasteiger partial charge in [-0.15, -0.1) is 0 Å². The maximum absolute atomic E-state index is 11.1. The van der Waals surface area contributed by atoms with Gasteiger partial charge in [-0.25, -0.2) is 0 Å². The van der Waals surface area contributed by atoms with Crippen LogP contribution in [0.15, 0.2) is 5.11 Å². The van der Waals surface area contributed by atoms with Crippen LogP contribution in [0.4, 0.5) is 4.79 Å². The maximum Gasteiger partial charge on any atom is 0.220 e. The highest BCUT2D eigenvalue weighted by atomic mass is 16.4. The predicted molar refractivity (Wildman–Crippen MR) is 52.4 cm³/mol. The predicted octanol–water partition coefficient (Wildman–Crippen LogP) is -1.24. The SMILES string of the molecule is N=[N+]=NCCCC(=O)NCCCNC(=O)[O-]. The van der Waals surface area contributed by atoms with Crippen LogP contribution in [0.3, 0.4) is 0 Å². The van der Waals surface area contributed by atoms with E-state index >= 15 is 0 Å². The molecule has 0 spiro atoms. The molecule has 3 N–H and O–H groups in total. The fraction of sp³-hybridized carbons (Fsp3) is 0.750. The van der Waals surface area contributed by atoms with Crippen LogP contribution in [-0.4, -0.2) is 31.6 Å². The lowest BCUT2D eigenvalue weighted by molar-refractivity contribution is -0.250. The van der Waals surface area contributed by atoms with E-state index in [1.807, 2.05) is 0 Å². The first-order chi connectivity index (χ1) is 7.66. The summed E-state index contributed by atoms with van der Waals surface area (Å²) in [4.78, 5) is 23.9. The zero-order valence-corrected chi connectivity index (χ0v) is 8.86. The Bertz CT molecular complexity index is 275. The molecule has 0 atom stereocenters. The van der Waals surface area contributed by atoms with E-state index in [0.29, 0.717) is 32.4 Å². The minimum Gasteiger partial charge on any atom is -0.530 e. The first kappa shape index (κ1) is 14.1. The van der Waals surface area contributed by atoms with Crippen molar-refractivity contribution in [2.24, 2.45) is 5.11 Å². The largest absolute Gasteiger partial charge is 0.530 e. The van der Waals surface area contributed by atoms with Gasteiger partial charge in [-0.2, -0.15) is 0 Å². The number of hydrogen-bond donors (Lipinski definition) is 3. The van der Waals surface area contributed by atoms with Gasteiger partial charge in [0.2, 0.25) is 10.8 Å². The standard InChI is InChI=1S/C8H15N5O3/c9-13-12-6-1-3-7(14)10-4-2-5-11-8(15)16/h9,11H,1-6H2,(H-,10,14,15,16). The van der Waals surface area contributed by atoms with Crippen molar-refractivity contribution in [3.8, 4) is 0 Å². The second-order valence-corrected chi connectivity index (χ2v) is 2.99. The van der Waals surface area contributed by atoms with E-state index in [2.05, 4.69) is 20.7 Å². The summed E-state index contributed by atoms with van der Waals surface area (Å²) in [7, 11) is 0. The minimum atomic E-state index is -1.31. The number of rotatable bonds is 8. The number of amides is 2. The zero-order chi connectivity index (χ0) is 12.2. The summed E-state index contributed by atoms with van der Waals surface area (Å²) in [5.41, 5.74) is 6.38. The van der Waals surface area contributed by atoms with Crippen LogP contribution in [-0.2, 0) is 4.79 Å². The number of nitrogens with one attached hydrogen (secondary N) is 3. The van der Waals surface area contributed by atoms with Gasteiger partial charge in [0.05, 0.1) is 0 Å². The van der Waals surface area contributed by atoms with Gasteiger partial charge >= 0.3 is 0 Å². The smallest absolute Gasteiger partial charge is 0.220 e. The normalized spacial score (nSPS) is 9.00. The van der Waals surface area contributed by atoms with Crippen LogP contribution >= 0.6 is 0 Å². The molecule has 0 aliphatic heterocycles. The Kier molecular flexibility index (Phi) is 8.43. The zero-order valence-electron chi connectivity index (χ0n) is 8.86. The summed E-state index contributed by atoms with van der Waals surface area (Å²) in [5, 5.41) is 18.1.